The molecule has 0 atom stereocenters. The van der Waals surface area contributed by atoms with E-state index >= 15 is 0 Å². The average molecular weight is 414 g/mol. The smallest absolute Gasteiger partial charge is 0.236 e. The maximum Gasteiger partial charge on any atom is 0.236 e. The molecule has 1 aliphatic rings. The number of anilines is 1. The van der Waals surface area contributed by atoms with Gasteiger partial charge in [0.1, 0.15) is 5.82 Å². The molecule has 1 saturated carbocycles. The van der Waals surface area contributed by atoms with Crippen LogP contribution in [0.15, 0.2) is 40.9 Å². The van der Waals surface area contributed by atoms with Crippen LogP contribution in [0.4, 0.5) is 5.13 Å². The maximum absolute atomic E-state index is 12.4. The molecule has 0 spiro atoms. The van der Waals surface area contributed by atoms with Crippen LogP contribution in [0.2, 0.25) is 0 Å². The zero-order valence-corrected chi connectivity index (χ0v) is 17.4. The molecular weight excluding hydrogens is 390 g/mol. The molecule has 6 nitrogen and oxygen atoms in total. The summed E-state index contributed by atoms with van der Waals surface area (Å²) in [4.78, 5) is 16.9. The minimum Gasteiger partial charge on any atom is -0.306 e. The van der Waals surface area contributed by atoms with E-state index in [-0.39, 0.29) is 5.91 Å². The van der Waals surface area contributed by atoms with E-state index in [1.807, 2.05) is 35.7 Å². The number of carbonyl (C=O) groups is 1. The second kappa shape index (κ2) is 8.87. The number of nitrogens with one attached hydrogen (secondary N) is 1. The molecule has 146 valence electrons. The fourth-order valence-electron chi connectivity index (χ4n) is 3.55. The largest absolute Gasteiger partial charge is 0.306 e. The molecule has 8 heteroatoms. The highest BCUT2D eigenvalue weighted by Gasteiger charge is 2.24. The number of nitrogens with zero attached hydrogens (tertiary/aromatic N) is 4. The Kier molecular flexibility index (Phi) is 6.07. The first kappa shape index (κ1) is 19.1. The molecular formula is C20H23N5OS2. The Morgan fingerprint density at radius 2 is 2.04 bits per heavy atom. The standard InChI is InChI=1S/C20H23N5OS2/c1-2-25-18(15-10-6-7-11-15)23-24-20(25)28-13-17(26)22-19-21-16(12-27-19)14-8-4-3-5-9-14/h3-5,8-9,12,15H,2,6-7,10-11,13H2,1H3,(H,21,22,26). The summed E-state index contributed by atoms with van der Waals surface area (Å²) in [5.41, 5.74) is 1.92. The van der Waals surface area contributed by atoms with E-state index in [9.17, 15) is 4.79 Å². The van der Waals surface area contributed by atoms with Crippen molar-refractivity contribution >= 4 is 34.1 Å². The van der Waals surface area contributed by atoms with Gasteiger partial charge in [-0.25, -0.2) is 4.98 Å². The fourth-order valence-corrected chi connectivity index (χ4v) is 5.09. The van der Waals surface area contributed by atoms with Crippen molar-refractivity contribution in [2.24, 2.45) is 0 Å². The zero-order valence-electron chi connectivity index (χ0n) is 15.8. The first-order valence-electron chi connectivity index (χ1n) is 9.61. The van der Waals surface area contributed by atoms with Gasteiger partial charge in [-0.1, -0.05) is 54.9 Å². The van der Waals surface area contributed by atoms with E-state index in [4.69, 9.17) is 0 Å². The highest BCUT2D eigenvalue weighted by atomic mass is 32.2. The summed E-state index contributed by atoms with van der Waals surface area (Å²) in [7, 11) is 0. The lowest BCUT2D eigenvalue weighted by Gasteiger charge is -2.11. The molecule has 0 bridgehead atoms. The highest BCUT2D eigenvalue weighted by Crippen LogP contribution is 2.34. The third-order valence-electron chi connectivity index (χ3n) is 4.93. The molecule has 3 aromatic rings. The van der Waals surface area contributed by atoms with Gasteiger partial charge in [-0.15, -0.1) is 21.5 Å². The van der Waals surface area contributed by atoms with Gasteiger partial charge in [0.2, 0.25) is 5.91 Å². The number of hydrogen-bond donors (Lipinski definition) is 1. The Bertz CT molecular complexity index is 931. The number of thiazole rings is 1. The van der Waals surface area contributed by atoms with Crippen LogP contribution in [-0.4, -0.2) is 31.4 Å². The minimum absolute atomic E-state index is 0.0768. The summed E-state index contributed by atoms with van der Waals surface area (Å²) in [6.45, 7) is 2.93. The fraction of sp³-hybridized carbons (Fsp3) is 0.400. The lowest BCUT2D eigenvalue weighted by molar-refractivity contribution is -0.113. The van der Waals surface area contributed by atoms with Gasteiger partial charge in [0.15, 0.2) is 10.3 Å². The van der Waals surface area contributed by atoms with Crippen LogP contribution in [0.5, 0.6) is 0 Å². The summed E-state index contributed by atoms with van der Waals surface area (Å²) in [5, 5.41) is 15.0. The third-order valence-corrected chi connectivity index (χ3v) is 6.66. The summed E-state index contributed by atoms with van der Waals surface area (Å²) in [6, 6.07) is 9.95. The predicted octanol–water partition coefficient (Wildman–Crippen LogP) is 4.81. The Hall–Kier alpha value is -2.19. The van der Waals surface area contributed by atoms with Crippen LogP contribution in [-0.2, 0) is 11.3 Å². The lowest BCUT2D eigenvalue weighted by Crippen LogP contribution is -2.14. The first-order valence-corrected chi connectivity index (χ1v) is 11.5. The molecule has 4 rings (SSSR count). The van der Waals surface area contributed by atoms with Gasteiger partial charge in [0.25, 0.3) is 0 Å². The second-order valence-corrected chi connectivity index (χ2v) is 8.61. The van der Waals surface area contributed by atoms with Gasteiger partial charge in [0.05, 0.1) is 11.4 Å². The second-order valence-electron chi connectivity index (χ2n) is 6.81. The summed E-state index contributed by atoms with van der Waals surface area (Å²) < 4.78 is 2.16. The van der Waals surface area contributed by atoms with Gasteiger partial charge in [-0.05, 0) is 19.8 Å². The molecule has 1 amide bonds. The molecule has 1 aromatic carbocycles. The number of amides is 1. The summed E-state index contributed by atoms with van der Waals surface area (Å²) >= 11 is 2.87. The Labute approximate surface area is 172 Å². The molecule has 0 aliphatic heterocycles. The van der Waals surface area contributed by atoms with Gasteiger partial charge in [-0.3, -0.25) is 4.79 Å². The van der Waals surface area contributed by atoms with Crippen LogP contribution in [0.25, 0.3) is 11.3 Å². The Morgan fingerprint density at radius 3 is 2.79 bits per heavy atom. The van der Waals surface area contributed by atoms with E-state index in [2.05, 4.69) is 32.0 Å². The van der Waals surface area contributed by atoms with Crippen molar-refractivity contribution in [1.82, 2.24) is 19.7 Å². The number of benzene rings is 1. The molecule has 0 saturated heterocycles. The van der Waals surface area contributed by atoms with Gasteiger partial charge < -0.3 is 9.88 Å². The van der Waals surface area contributed by atoms with Crippen molar-refractivity contribution in [1.29, 1.82) is 0 Å². The van der Waals surface area contributed by atoms with E-state index in [0.29, 0.717) is 16.8 Å². The topological polar surface area (TPSA) is 72.7 Å². The first-order chi connectivity index (χ1) is 13.7. The van der Waals surface area contributed by atoms with Crippen LogP contribution in [0.1, 0.15) is 44.3 Å². The van der Waals surface area contributed by atoms with Crippen molar-refractivity contribution < 1.29 is 4.79 Å². The van der Waals surface area contributed by atoms with Crippen molar-refractivity contribution in [3.05, 3.63) is 41.5 Å². The maximum atomic E-state index is 12.4. The van der Waals surface area contributed by atoms with Crippen molar-refractivity contribution in [3.63, 3.8) is 0 Å². The average Bonchev–Trinajstić information content (AvgIpc) is 3.47. The summed E-state index contributed by atoms with van der Waals surface area (Å²) in [6.07, 6.45) is 4.92. The van der Waals surface area contributed by atoms with Gasteiger partial charge in [-0.2, -0.15) is 0 Å². The van der Waals surface area contributed by atoms with Crippen LogP contribution in [0, 0.1) is 0 Å². The normalized spacial score (nSPS) is 14.5. The molecule has 28 heavy (non-hydrogen) atoms. The number of thioether (sulfide) groups is 1. The van der Waals surface area contributed by atoms with E-state index in [0.717, 1.165) is 28.8 Å². The molecule has 0 radical (unpaired) electrons. The van der Waals surface area contributed by atoms with Crippen molar-refractivity contribution in [3.8, 4) is 11.3 Å². The lowest BCUT2D eigenvalue weighted by atomic mass is 10.1. The highest BCUT2D eigenvalue weighted by molar-refractivity contribution is 7.99. The number of aromatic nitrogens is 4. The number of carbonyl (C=O) groups excluding carboxylic acids is 1. The van der Waals surface area contributed by atoms with E-state index in [1.54, 1.807) is 0 Å². The predicted molar refractivity (Wildman–Crippen MR) is 114 cm³/mol. The SMILES string of the molecule is CCn1c(SCC(=O)Nc2nc(-c3ccccc3)cs2)nnc1C1CCCC1. The van der Waals surface area contributed by atoms with E-state index in [1.165, 1.54) is 48.8 Å². The van der Waals surface area contributed by atoms with E-state index < -0.39 is 0 Å². The zero-order chi connectivity index (χ0) is 19.3. The molecule has 1 fully saturated rings. The molecule has 2 heterocycles. The monoisotopic (exact) mass is 413 g/mol. The molecule has 0 unspecified atom stereocenters. The van der Waals surface area contributed by atoms with Crippen LogP contribution >= 0.6 is 23.1 Å². The Morgan fingerprint density at radius 1 is 1.25 bits per heavy atom. The van der Waals surface area contributed by atoms with Crippen molar-refractivity contribution in [2.75, 3.05) is 11.1 Å². The van der Waals surface area contributed by atoms with Gasteiger partial charge in [0, 0.05) is 23.4 Å². The Balaban J connectivity index is 1.35. The van der Waals surface area contributed by atoms with Crippen molar-refractivity contribution in [2.45, 2.75) is 50.2 Å². The third kappa shape index (κ3) is 4.28. The molecule has 2 aromatic heterocycles. The quantitative estimate of drug-likeness (QED) is 0.563. The van der Waals surface area contributed by atoms with Crippen LogP contribution < -0.4 is 5.32 Å². The molecule has 1 aliphatic carbocycles. The number of hydrogen-bond acceptors (Lipinski definition) is 6. The van der Waals surface area contributed by atoms with Crippen LogP contribution in [0.3, 0.4) is 0 Å². The molecule has 1 N–H and O–H groups in total. The minimum atomic E-state index is -0.0768. The summed E-state index contributed by atoms with van der Waals surface area (Å²) in [5.74, 6) is 1.81. The van der Waals surface area contributed by atoms with Gasteiger partial charge >= 0.3 is 0 Å². The number of rotatable bonds is 7.